The minimum atomic E-state index is -0.391. The summed E-state index contributed by atoms with van der Waals surface area (Å²) >= 11 is 3.29. The molecule has 0 saturated heterocycles. The summed E-state index contributed by atoms with van der Waals surface area (Å²) in [6.07, 6.45) is 6.08. The Morgan fingerprint density at radius 3 is 2.68 bits per heavy atom. The predicted octanol–water partition coefficient (Wildman–Crippen LogP) is 5.08. The number of rotatable bonds is 6. The second-order valence-corrected chi connectivity index (χ2v) is 7.46. The highest BCUT2D eigenvalue weighted by atomic mass is 79.9. The van der Waals surface area contributed by atoms with E-state index in [1.54, 1.807) is 25.4 Å². The van der Waals surface area contributed by atoms with Gasteiger partial charge in [-0.3, -0.25) is 4.79 Å². The molecule has 0 amide bonds. The highest BCUT2D eigenvalue weighted by Crippen LogP contribution is 2.39. The summed E-state index contributed by atoms with van der Waals surface area (Å²) in [5.74, 6) is 0.0853. The van der Waals surface area contributed by atoms with Gasteiger partial charge in [0, 0.05) is 29.1 Å². The summed E-state index contributed by atoms with van der Waals surface area (Å²) in [6.45, 7) is 0. The van der Waals surface area contributed by atoms with Crippen molar-refractivity contribution in [1.82, 2.24) is 4.98 Å². The van der Waals surface area contributed by atoms with E-state index in [-0.39, 0.29) is 23.9 Å². The fourth-order valence-electron chi connectivity index (χ4n) is 3.68. The van der Waals surface area contributed by atoms with Crippen LogP contribution in [0.2, 0.25) is 0 Å². The van der Waals surface area contributed by atoms with E-state index in [0.717, 1.165) is 31.2 Å². The molecule has 1 aliphatic carbocycles. The second kappa shape index (κ2) is 8.09. The third kappa shape index (κ3) is 4.27. The number of halogens is 2. The molecular weight excluding hydrogens is 385 g/mol. The monoisotopic (exact) mass is 405 g/mol. The second-order valence-electron chi connectivity index (χ2n) is 6.54. The zero-order valence-corrected chi connectivity index (χ0v) is 15.8. The van der Waals surface area contributed by atoms with Crippen LogP contribution in [0, 0.1) is 11.7 Å². The molecule has 1 fully saturated rings. The van der Waals surface area contributed by atoms with Crippen molar-refractivity contribution in [2.75, 3.05) is 7.11 Å². The standard InChI is InChI=1S/C20H21BrFNO2/c1-25-19-9-6-13(12-23-19)10-18(24)20(14-4-2-3-5-14)16-8-7-15(21)11-17(16)22/h6-9,11-12,14,20H,2-5,10H2,1H3. The normalized spacial score (nSPS) is 16.0. The Morgan fingerprint density at radius 1 is 1.32 bits per heavy atom. The molecule has 0 bridgehead atoms. The molecule has 132 valence electrons. The summed E-state index contributed by atoms with van der Waals surface area (Å²) < 4.78 is 20.3. The van der Waals surface area contributed by atoms with Crippen molar-refractivity contribution < 1.29 is 13.9 Å². The van der Waals surface area contributed by atoms with Crippen molar-refractivity contribution in [3.63, 3.8) is 0 Å². The van der Waals surface area contributed by atoms with Crippen molar-refractivity contribution in [2.24, 2.45) is 5.92 Å². The van der Waals surface area contributed by atoms with Gasteiger partial charge in [0.25, 0.3) is 0 Å². The Kier molecular flexibility index (Phi) is 5.84. The number of ether oxygens (including phenoxy) is 1. The van der Waals surface area contributed by atoms with E-state index in [0.29, 0.717) is 15.9 Å². The van der Waals surface area contributed by atoms with E-state index in [1.807, 2.05) is 12.1 Å². The summed E-state index contributed by atoms with van der Waals surface area (Å²) in [5, 5.41) is 0. The molecule has 2 aromatic rings. The van der Waals surface area contributed by atoms with Gasteiger partial charge < -0.3 is 4.74 Å². The number of ketones is 1. The molecule has 1 atom stereocenters. The van der Waals surface area contributed by atoms with E-state index >= 15 is 0 Å². The lowest BCUT2D eigenvalue weighted by atomic mass is 9.80. The first-order valence-electron chi connectivity index (χ1n) is 8.55. The van der Waals surface area contributed by atoms with E-state index in [9.17, 15) is 9.18 Å². The van der Waals surface area contributed by atoms with Gasteiger partial charge in [0.05, 0.1) is 7.11 Å². The minimum absolute atomic E-state index is 0.0556. The SMILES string of the molecule is COc1ccc(CC(=O)C(c2ccc(Br)cc2F)C2CCCC2)cn1. The van der Waals surface area contributed by atoms with Crippen LogP contribution >= 0.6 is 15.9 Å². The number of pyridine rings is 1. The molecule has 0 radical (unpaired) electrons. The van der Waals surface area contributed by atoms with Crippen LogP contribution in [0.1, 0.15) is 42.7 Å². The van der Waals surface area contributed by atoms with E-state index in [4.69, 9.17) is 4.74 Å². The van der Waals surface area contributed by atoms with Gasteiger partial charge in [-0.1, -0.05) is 40.9 Å². The fraction of sp³-hybridized carbons (Fsp3) is 0.400. The maximum atomic E-state index is 14.5. The Morgan fingerprint density at radius 2 is 2.08 bits per heavy atom. The van der Waals surface area contributed by atoms with Crippen molar-refractivity contribution >= 4 is 21.7 Å². The Bertz CT molecular complexity index is 742. The predicted molar refractivity (Wildman–Crippen MR) is 98.3 cm³/mol. The molecule has 25 heavy (non-hydrogen) atoms. The Labute approximate surface area is 155 Å². The number of aromatic nitrogens is 1. The Hall–Kier alpha value is -1.75. The molecule has 1 aromatic carbocycles. The number of carbonyl (C=O) groups is 1. The van der Waals surface area contributed by atoms with Crippen LogP contribution in [0.3, 0.4) is 0 Å². The summed E-state index contributed by atoms with van der Waals surface area (Å²) in [4.78, 5) is 17.2. The maximum absolute atomic E-state index is 14.5. The number of carbonyl (C=O) groups excluding carboxylic acids is 1. The van der Waals surface area contributed by atoms with Gasteiger partial charge in [-0.15, -0.1) is 0 Å². The van der Waals surface area contributed by atoms with Crippen LogP contribution in [0.25, 0.3) is 0 Å². The lowest BCUT2D eigenvalue weighted by Crippen LogP contribution is -2.23. The number of nitrogens with zero attached hydrogens (tertiary/aromatic N) is 1. The highest BCUT2D eigenvalue weighted by Gasteiger charge is 2.33. The lowest BCUT2D eigenvalue weighted by Gasteiger charge is -2.23. The molecule has 3 rings (SSSR count). The first kappa shape index (κ1) is 18.1. The number of benzene rings is 1. The van der Waals surface area contributed by atoms with Gasteiger partial charge in [-0.2, -0.15) is 0 Å². The first-order chi connectivity index (χ1) is 12.1. The van der Waals surface area contributed by atoms with E-state index in [1.165, 1.54) is 6.07 Å². The highest BCUT2D eigenvalue weighted by molar-refractivity contribution is 9.10. The molecule has 0 spiro atoms. The molecule has 0 N–H and O–H groups in total. The number of Topliss-reactive ketones (excluding diaryl/α,β-unsaturated/α-hetero) is 1. The fourth-order valence-corrected chi connectivity index (χ4v) is 4.02. The molecule has 5 heteroatoms. The number of hydrogen-bond donors (Lipinski definition) is 0. The van der Waals surface area contributed by atoms with Gasteiger partial charge >= 0.3 is 0 Å². The third-order valence-corrected chi connectivity index (χ3v) is 5.39. The summed E-state index contributed by atoms with van der Waals surface area (Å²) in [7, 11) is 1.56. The van der Waals surface area contributed by atoms with Crippen molar-refractivity contribution in [1.29, 1.82) is 0 Å². The van der Waals surface area contributed by atoms with Gasteiger partial charge in [0.2, 0.25) is 5.88 Å². The Balaban J connectivity index is 1.86. The molecule has 1 aliphatic rings. The number of methoxy groups -OCH3 is 1. The smallest absolute Gasteiger partial charge is 0.212 e. The molecule has 1 aromatic heterocycles. The van der Waals surface area contributed by atoms with E-state index < -0.39 is 5.92 Å². The summed E-state index contributed by atoms with van der Waals surface area (Å²) in [5.41, 5.74) is 1.34. The zero-order valence-electron chi connectivity index (χ0n) is 14.2. The molecule has 1 saturated carbocycles. The quantitative estimate of drug-likeness (QED) is 0.672. The van der Waals surface area contributed by atoms with Crippen LogP contribution in [0.4, 0.5) is 4.39 Å². The minimum Gasteiger partial charge on any atom is -0.481 e. The third-order valence-electron chi connectivity index (χ3n) is 4.90. The van der Waals surface area contributed by atoms with Gasteiger partial charge in [-0.05, 0) is 42.0 Å². The summed E-state index contributed by atoms with van der Waals surface area (Å²) in [6, 6.07) is 8.58. The lowest BCUT2D eigenvalue weighted by molar-refractivity contribution is -0.121. The molecule has 1 heterocycles. The van der Waals surface area contributed by atoms with Gasteiger partial charge in [0.1, 0.15) is 11.6 Å². The average Bonchev–Trinajstić information content (AvgIpc) is 3.12. The van der Waals surface area contributed by atoms with Crippen LogP contribution in [-0.2, 0) is 11.2 Å². The molecular formula is C20H21BrFNO2. The maximum Gasteiger partial charge on any atom is 0.212 e. The molecule has 3 nitrogen and oxygen atoms in total. The van der Waals surface area contributed by atoms with Crippen molar-refractivity contribution in [3.05, 3.63) is 57.9 Å². The number of hydrogen-bond acceptors (Lipinski definition) is 3. The largest absolute Gasteiger partial charge is 0.481 e. The zero-order chi connectivity index (χ0) is 17.8. The van der Waals surface area contributed by atoms with E-state index in [2.05, 4.69) is 20.9 Å². The molecule has 0 aliphatic heterocycles. The van der Waals surface area contributed by atoms with Crippen molar-refractivity contribution in [3.8, 4) is 5.88 Å². The first-order valence-corrected chi connectivity index (χ1v) is 9.34. The van der Waals surface area contributed by atoms with Crippen molar-refractivity contribution in [2.45, 2.75) is 38.0 Å². The molecule has 1 unspecified atom stereocenters. The average molecular weight is 406 g/mol. The van der Waals surface area contributed by atoms with Crippen LogP contribution in [0.15, 0.2) is 41.0 Å². The van der Waals surface area contributed by atoms with Crippen LogP contribution in [0.5, 0.6) is 5.88 Å². The van der Waals surface area contributed by atoms with Gasteiger partial charge in [-0.25, -0.2) is 9.37 Å². The van der Waals surface area contributed by atoms with Gasteiger partial charge in [0.15, 0.2) is 0 Å². The topological polar surface area (TPSA) is 39.2 Å². The van der Waals surface area contributed by atoms with Crippen LogP contribution < -0.4 is 4.74 Å². The van der Waals surface area contributed by atoms with Crippen LogP contribution in [-0.4, -0.2) is 17.9 Å².